The maximum atomic E-state index is 13.0. The van der Waals surface area contributed by atoms with Crippen molar-refractivity contribution in [2.75, 3.05) is 0 Å². The summed E-state index contributed by atoms with van der Waals surface area (Å²) in [6, 6.07) is 9.08. The van der Waals surface area contributed by atoms with E-state index in [9.17, 15) is 14.4 Å². The van der Waals surface area contributed by atoms with Crippen molar-refractivity contribution in [2.24, 2.45) is 0 Å². The normalized spacial score (nSPS) is 14.6. The third-order valence-corrected chi connectivity index (χ3v) is 4.96. The zero-order chi connectivity index (χ0) is 17.6. The molecule has 6 heteroatoms. The number of nitrogens with one attached hydrogen (secondary N) is 1. The Morgan fingerprint density at radius 3 is 2.48 bits per heavy atom. The lowest BCUT2D eigenvalue weighted by Gasteiger charge is -2.26. The highest BCUT2D eigenvalue weighted by molar-refractivity contribution is 5.84. The molecule has 3 aromatic rings. The molecule has 0 radical (unpaired) electrons. The van der Waals surface area contributed by atoms with Crippen molar-refractivity contribution in [3.8, 4) is 11.1 Å². The van der Waals surface area contributed by atoms with Crippen molar-refractivity contribution in [2.45, 2.75) is 38.6 Å². The average Bonchev–Trinajstić information content (AvgIpc) is 2.56. The van der Waals surface area contributed by atoms with Gasteiger partial charge in [0.2, 0.25) is 5.71 Å². The Hall–Kier alpha value is -2.89. The number of nitrogens with zero attached hydrogens (tertiary/aromatic N) is 1. The standard InChI is InChI=1S/C19H18N2O4/c1-2-13-14(11-7-4-3-5-8-11)18(23)25-16-15(13)17(22)21(19(24)20-16)12-9-6-10-12/h3-5,7-8,12H,2,6,9-10H2,1H3,(H,20,24). The molecule has 1 N–H and O–H groups in total. The van der Waals surface area contributed by atoms with Crippen LogP contribution in [0.5, 0.6) is 0 Å². The zero-order valence-electron chi connectivity index (χ0n) is 13.9. The summed E-state index contributed by atoms with van der Waals surface area (Å²) in [5.74, 6) is 0. The molecule has 1 saturated carbocycles. The van der Waals surface area contributed by atoms with Gasteiger partial charge in [-0.25, -0.2) is 9.59 Å². The van der Waals surface area contributed by atoms with Gasteiger partial charge in [-0.15, -0.1) is 0 Å². The molecule has 1 aliphatic rings. The van der Waals surface area contributed by atoms with Crippen LogP contribution in [0.4, 0.5) is 0 Å². The van der Waals surface area contributed by atoms with Gasteiger partial charge in [-0.3, -0.25) is 14.3 Å². The first-order valence-electron chi connectivity index (χ1n) is 8.51. The maximum Gasteiger partial charge on any atom is 0.345 e. The van der Waals surface area contributed by atoms with Crippen molar-refractivity contribution in [1.29, 1.82) is 0 Å². The smallest absolute Gasteiger partial charge is 0.345 e. The fourth-order valence-corrected chi connectivity index (χ4v) is 3.49. The Kier molecular flexibility index (Phi) is 3.67. The SMILES string of the molecule is CCc1c(-c2ccccc2)c(=O)oc2[nH]c(=O)n(C3CCC3)c(=O)c12. The number of benzene rings is 1. The third-order valence-electron chi connectivity index (χ3n) is 4.96. The molecule has 0 atom stereocenters. The summed E-state index contributed by atoms with van der Waals surface area (Å²) >= 11 is 0. The molecular weight excluding hydrogens is 320 g/mol. The number of hydrogen-bond donors (Lipinski definition) is 1. The molecule has 2 heterocycles. The van der Waals surface area contributed by atoms with Crippen LogP contribution >= 0.6 is 0 Å². The highest BCUT2D eigenvalue weighted by atomic mass is 16.4. The van der Waals surface area contributed by atoms with Gasteiger partial charge in [0.25, 0.3) is 5.56 Å². The Balaban J connectivity index is 2.13. The molecular formula is C19H18N2O4. The van der Waals surface area contributed by atoms with Gasteiger partial charge in [-0.05, 0) is 36.8 Å². The molecule has 1 fully saturated rings. The fraction of sp³-hybridized carbons (Fsp3) is 0.316. The van der Waals surface area contributed by atoms with Gasteiger partial charge in [-0.1, -0.05) is 37.3 Å². The fourth-order valence-electron chi connectivity index (χ4n) is 3.49. The largest absolute Gasteiger partial charge is 0.405 e. The number of H-pyrrole nitrogens is 1. The van der Waals surface area contributed by atoms with Gasteiger partial charge in [0, 0.05) is 6.04 Å². The van der Waals surface area contributed by atoms with Crippen molar-refractivity contribution in [3.63, 3.8) is 0 Å². The van der Waals surface area contributed by atoms with E-state index in [1.165, 1.54) is 4.57 Å². The summed E-state index contributed by atoms with van der Waals surface area (Å²) in [4.78, 5) is 40.4. The molecule has 6 nitrogen and oxygen atoms in total. The van der Waals surface area contributed by atoms with E-state index < -0.39 is 11.3 Å². The van der Waals surface area contributed by atoms with Gasteiger partial charge >= 0.3 is 11.3 Å². The quantitative estimate of drug-likeness (QED) is 0.795. The minimum atomic E-state index is -0.549. The molecule has 0 saturated heterocycles. The van der Waals surface area contributed by atoms with E-state index in [4.69, 9.17) is 4.42 Å². The molecule has 25 heavy (non-hydrogen) atoms. The van der Waals surface area contributed by atoms with Gasteiger partial charge in [0.1, 0.15) is 5.39 Å². The predicted molar refractivity (Wildman–Crippen MR) is 95.1 cm³/mol. The molecule has 0 spiro atoms. The lowest BCUT2D eigenvalue weighted by atomic mass is 9.92. The first-order valence-corrected chi connectivity index (χ1v) is 8.51. The minimum Gasteiger partial charge on any atom is -0.405 e. The lowest BCUT2D eigenvalue weighted by Crippen LogP contribution is -2.41. The molecule has 1 aromatic carbocycles. The van der Waals surface area contributed by atoms with Gasteiger partial charge in [0.05, 0.1) is 5.56 Å². The number of hydrogen-bond acceptors (Lipinski definition) is 4. The van der Waals surface area contributed by atoms with E-state index in [1.54, 1.807) is 0 Å². The second kappa shape index (κ2) is 5.88. The summed E-state index contributed by atoms with van der Waals surface area (Å²) in [5, 5.41) is 0.299. The van der Waals surface area contributed by atoms with E-state index in [2.05, 4.69) is 4.98 Å². The van der Waals surface area contributed by atoms with Crippen LogP contribution in [0, 0.1) is 0 Å². The summed E-state index contributed by atoms with van der Waals surface area (Å²) in [6.07, 6.45) is 3.13. The second-order valence-corrected chi connectivity index (χ2v) is 6.36. The maximum absolute atomic E-state index is 13.0. The van der Waals surface area contributed by atoms with Crippen LogP contribution in [0.25, 0.3) is 22.2 Å². The van der Waals surface area contributed by atoms with Crippen LogP contribution in [-0.2, 0) is 6.42 Å². The molecule has 1 aliphatic carbocycles. The number of aryl methyl sites for hydroxylation is 1. The molecule has 0 bridgehead atoms. The third kappa shape index (κ3) is 2.36. The van der Waals surface area contributed by atoms with Crippen LogP contribution in [0.1, 0.15) is 37.8 Å². The number of aromatic nitrogens is 2. The first kappa shape index (κ1) is 15.6. The Bertz CT molecular complexity index is 1120. The van der Waals surface area contributed by atoms with E-state index in [0.717, 1.165) is 19.3 Å². The summed E-state index contributed by atoms with van der Waals surface area (Å²) in [7, 11) is 0. The van der Waals surface area contributed by atoms with Crippen molar-refractivity contribution in [3.05, 3.63) is 67.2 Å². The highest BCUT2D eigenvalue weighted by Crippen LogP contribution is 2.30. The molecule has 0 amide bonds. The van der Waals surface area contributed by atoms with Gasteiger partial charge in [0.15, 0.2) is 0 Å². The van der Waals surface area contributed by atoms with E-state index >= 15 is 0 Å². The number of fused-ring (bicyclic) bond motifs is 1. The van der Waals surface area contributed by atoms with Crippen LogP contribution in [-0.4, -0.2) is 9.55 Å². The average molecular weight is 338 g/mol. The molecule has 4 rings (SSSR count). The van der Waals surface area contributed by atoms with E-state index in [1.807, 2.05) is 37.3 Å². The summed E-state index contributed by atoms with van der Waals surface area (Å²) in [5.41, 5.74) is 0.239. The monoisotopic (exact) mass is 338 g/mol. The van der Waals surface area contributed by atoms with Crippen molar-refractivity contribution in [1.82, 2.24) is 9.55 Å². The Morgan fingerprint density at radius 2 is 1.88 bits per heavy atom. The second-order valence-electron chi connectivity index (χ2n) is 6.36. The first-order chi connectivity index (χ1) is 12.1. The van der Waals surface area contributed by atoms with Crippen LogP contribution in [0.15, 0.2) is 49.1 Å². The van der Waals surface area contributed by atoms with E-state index in [-0.39, 0.29) is 17.3 Å². The lowest BCUT2D eigenvalue weighted by molar-refractivity contribution is 0.297. The highest BCUT2D eigenvalue weighted by Gasteiger charge is 2.26. The van der Waals surface area contributed by atoms with E-state index in [0.29, 0.717) is 28.5 Å². The van der Waals surface area contributed by atoms with Gasteiger partial charge in [-0.2, -0.15) is 0 Å². The van der Waals surface area contributed by atoms with Crippen molar-refractivity contribution >= 4 is 11.1 Å². The van der Waals surface area contributed by atoms with Crippen LogP contribution in [0.2, 0.25) is 0 Å². The zero-order valence-corrected chi connectivity index (χ0v) is 13.9. The number of rotatable bonds is 3. The molecule has 2 aromatic heterocycles. The Labute approximate surface area is 142 Å². The summed E-state index contributed by atoms with van der Waals surface area (Å²) < 4.78 is 6.59. The van der Waals surface area contributed by atoms with Gasteiger partial charge < -0.3 is 4.42 Å². The Morgan fingerprint density at radius 1 is 1.16 bits per heavy atom. The van der Waals surface area contributed by atoms with Crippen molar-refractivity contribution < 1.29 is 4.42 Å². The summed E-state index contributed by atoms with van der Waals surface area (Å²) in [6.45, 7) is 1.89. The molecule has 0 aliphatic heterocycles. The predicted octanol–water partition coefficient (Wildman–Crippen LogP) is 2.60. The topological polar surface area (TPSA) is 85.1 Å². The number of aromatic amines is 1. The van der Waals surface area contributed by atoms with Crippen LogP contribution < -0.4 is 16.9 Å². The van der Waals surface area contributed by atoms with Crippen LogP contribution in [0.3, 0.4) is 0 Å². The molecule has 128 valence electrons. The minimum absolute atomic E-state index is 0.0351. The molecule has 0 unspecified atom stereocenters.